The number of benzene rings is 2. The molecule has 0 aliphatic rings. The normalized spacial score (nSPS) is 10.1. The first-order chi connectivity index (χ1) is 10.6. The molecule has 0 radical (unpaired) electrons. The van der Waals surface area contributed by atoms with E-state index in [2.05, 4.69) is 26.6 Å². The standard InChI is InChI=1S/C16H16BrClN2O2/c1-11-6-7-12(10-14(11)18)20-16(21)19-8-9-22-15-5-3-2-4-13(15)17/h2-7,10H,8-9H2,1H3,(H2,19,20,21). The maximum atomic E-state index is 11.8. The first kappa shape index (κ1) is 16.6. The Bertz CT molecular complexity index is 664. The van der Waals surface area contributed by atoms with Gasteiger partial charge in [-0.1, -0.05) is 29.8 Å². The Labute approximate surface area is 142 Å². The molecule has 0 spiro atoms. The molecule has 2 aromatic carbocycles. The Morgan fingerprint density at radius 2 is 2.05 bits per heavy atom. The number of aryl methyl sites for hydroxylation is 1. The lowest BCUT2D eigenvalue weighted by molar-refractivity contribution is 0.247. The molecule has 22 heavy (non-hydrogen) atoms. The van der Waals surface area contributed by atoms with E-state index in [1.165, 1.54) is 0 Å². The molecule has 0 fully saturated rings. The SMILES string of the molecule is Cc1ccc(NC(=O)NCCOc2ccccc2Br)cc1Cl. The van der Waals surface area contributed by atoms with Crippen molar-refractivity contribution in [1.29, 1.82) is 0 Å². The van der Waals surface area contributed by atoms with Crippen molar-refractivity contribution in [3.63, 3.8) is 0 Å². The number of urea groups is 1. The van der Waals surface area contributed by atoms with Gasteiger partial charge in [0.15, 0.2) is 0 Å². The maximum Gasteiger partial charge on any atom is 0.319 e. The van der Waals surface area contributed by atoms with Crippen LogP contribution in [0.3, 0.4) is 0 Å². The van der Waals surface area contributed by atoms with Crippen molar-refractivity contribution in [2.24, 2.45) is 0 Å². The first-order valence-electron chi connectivity index (χ1n) is 6.74. The largest absolute Gasteiger partial charge is 0.491 e. The highest BCUT2D eigenvalue weighted by Crippen LogP contribution is 2.23. The molecule has 0 unspecified atom stereocenters. The van der Waals surface area contributed by atoms with E-state index in [0.717, 1.165) is 15.8 Å². The summed E-state index contributed by atoms with van der Waals surface area (Å²) in [5, 5.41) is 6.06. The second-order valence-corrected chi connectivity index (χ2v) is 5.89. The molecule has 0 heterocycles. The van der Waals surface area contributed by atoms with E-state index in [9.17, 15) is 4.79 Å². The van der Waals surface area contributed by atoms with E-state index < -0.39 is 0 Å². The van der Waals surface area contributed by atoms with Crippen molar-refractivity contribution >= 4 is 39.2 Å². The molecule has 0 saturated carbocycles. The highest BCUT2D eigenvalue weighted by atomic mass is 79.9. The van der Waals surface area contributed by atoms with Gasteiger partial charge in [-0.3, -0.25) is 0 Å². The number of anilines is 1. The predicted octanol–water partition coefficient (Wildman–Crippen LogP) is 4.61. The average Bonchev–Trinajstić information content (AvgIpc) is 2.49. The summed E-state index contributed by atoms with van der Waals surface area (Å²) in [6.07, 6.45) is 0. The first-order valence-corrected chi connectivity index (χ1v) is 7.91. The van der Waals surface area contributed by atoms with E-state index in [4.69, 9.17) is 16.3 Å². The minimum absolute atomic E-state index is 0.296. The molecule has 116 valence electrons. The molecule has 0 aliphatic carbocycles. The number of ether oxygens (including phenoxy) is 1. The van der Waals surface area contributed by atoms with Crippen molar-refractivity contribution in [2.75, 3.05) is 18.5 Å². The molecule has 0 atom stereocenters. The van der Waals surface area contributed by atoms with E-state index in [0.29, 0.717) is 23.9 Å². The second-order valence-electron chi connectivity index (χ2n) is 4.62. The van der Waals surface area contributed by atoms with Gasteiger partial charge in [-0.15, -0.1) is 0 Å². The Kier molecular flexibility index (Phi) is 6.10. The van der Waals surface area contributed by atoms with Gasteiger partial charge in [0.1, 0.15) is 12.4 Å². The van der Waals surface area contributed by atoms with Crippen LogP contribution in [-0.2, 0) is 0 Å². The average molecular weight is 384 g/mol. The van der Waals surface area contributed by atoms with Gasteiger partial charge in [0.05, 0.1) is 11.0 Å². The van der Waals surface area contributed by atoms with Crippen molar-refractivity contribution in [3.05, 3.63) is 57.5 Å². The Balaban J connectivity index is 1.74. The van der Waals surface area contributed by atoms with Crippen LogP contribution in [0.15, 0.2) is 46.9 Å². The minimum atomic E-state index is -0.296. The third-order valence-electron chi connectivity index (χ3n) is 2.91. The summed E-state index contributed by atoms with van der Waals surface area (Å²) < 4.78 is 6.44. The molecule has 0 aromatic heterocycles. The minimum Gasteiger partial charge on any atom is -0.491 e. The lowest BCUT2D eigenvalue weighted by Crippen LogP contribution is -2.32. The lowest BCUT2D eigenvalue weighted by atomic mass is 10.2. The number of halogens is 2. The quantitative estimate of drug-likeness (QED) is 0.741. The Morgan fingerprint density at radius 1 is 1.27 bits per heavy atom. The van der Waals surface area contributed by atoms with Crippen LogP contribution in [0.4, 0.5) is 10.5 Å². The fourth-order valence-electron chi connectivity index (χ4n) is 1.73. The van der Waals surface area contributed by atoms with Gasteiger partial charge in [0.25, 0.3) is 0 Å². The van der Waals surface area contributed by atoms with Gasteiger partial charge in [-0.2, -0.15) is 0 Å². The number of carbonyl (C=O) groups excluding carboxylic acids is 1. The summed E-state index contributed by atoms with van der Waals surface area (Å²) in [5.74, 6) is 0.745. The van der Waals surface area contributed by atoms with E-state index in [1.807, 2.05) is 37.3 Å². The molecular formula is C16H16BrClN2O2. The van der Waals surface area contributed by atoms with Gasteiger partial charge < -0.3 is 15.4 Å². The Morgan fingerprint density at radius 3 is 2.77 bits per heavy atom. The van der Waals surface area contributed by atoms with Gasteiger partial charge in [-0.05, 0) is 52.7 Å². The van der Waals surface area contributed by atoms with Crippen LogP contribution in [0, 0.1) is 6.92 Å². The molecule has 6 heteroatoms. The van der Waals surface area contributed by atoms with Crippen LogP contribution in [0.5, 0.6) is 5.75 Å². The zero-order valence-electron chi connectivity index (χ0n) is 12.0. The number of hydrogen-bond acceptors (Lipinski definition) is 2. The summed E-state index contributed by atoms with van der Waals surface area (Å²) in [5.41, 5.74) is 1.62. The molecule has 2 aromatic rings. The number of para-hydroxylation sites is 1. The number of amides is 2. The van der Waals surface area contributed by atoms with Crippen LogP contribution < -0.4 is 15.4 Å². The fourth-order valence-corrected chi connectivity index (χ4v) is 2.31. The third-order valence-corrected chi connectivity index (χ3v) is 3.97. The number of hydrogen-bond donors (Lipinski definition) is 2. The van der Waals surface area contributed by atoms with Gasteiger partial charge in [0, 0.05) is 10.7 Å². The second kappa shape index (κ2) is 8.06. The topological polar surface area (TPSA) is 50.4 Å². The van der Waals surface area contributed by atoms with Crippen molar-refractivity contribution < 1.29 is 9.53 Å². The summed E-state index contributed by atoms with van der Waals surface area (Å²) in [4.78, 5) is 11.8. The van der Waals surface area contributed by atoms with E-state index >= 15 is 0 Å². The highest BCUT2D eigenvalue weighted by molar-refractivity contribution is 9.10. The maximum absolute atomic E-state index is 11.8. The van der Waals surface area contributed by atoms with Gasteiger partial charge in [0.2, 0.25) is 0 Å². The molecule has 2 rings (SSSR count). The summed E-state index contributed by atoms with van der Waals surface area (Å²) >= 11 is 9.41. The van der Waals surface area contributed by atoms with Crippen molar-refractivity contribution in [3.8, 4) is 5.75 Å². The van der Waals surface area contributed by atoms with Crippen LogP contribution in [-0.4, -0.2) is 19.2 Å². The molecule has 2 N–H and O–H groups in total. The highest BCUT2D eigenvalue weighted by Gasteiger charge is 2.04. The van der Waals surface area contributed by atoms with Crippen LogP contribution >= 0.6 is 27.5 Å². The number of rotatable bonds is 5. The van der Waals surface area contributed by atoms with Crippen LogP contribution in [0.1, 0.15) is 5.56 Å². The lowest BCUT2D eigenvalue weighted by Gasteiger charge is -2.10. The fraction of sp³-hybridized carbons (Fsp3) is 0.188. The van der Waals surface area contributed by atoms with Crippen molar-refractivity contribution in [1.82, 2.24) is 5.32 Å². The van der Waals surface area contributed by atoms with Crippen molar-refractivity contribution in [2.45, 2.75) is 6.92 Å². The Hall–Kier alpha value is -1.72. The number of nitrogens with one attached hydrogen (secondary N) is 2. The van der Waals surface area contributed by atoms with E-state index in [-0.39, 0.29) is 6.03 Å². The van der Waals surface area contributed by atoms with Crippen LogP contribution in [0.2, 0.25) is 5.02 Å². The predicted molar refractivity (Wildman–Crippen MR) is 92.8 cm³/mol. The summed E-state index contributed by atoms with van der Waals surface area (Å²) in [6.45, 7) is 2.68. The van der Waals surface area contributed by atoms with Crippen LogP contribution in [0.25, 0.3) is 0 Å². The zero-order valence-corrected chi connectivity index (χ0v) is 14.4. The summed E-state index contributed by atoms with van der Waals surface area (Å²) in [6, 6.07) is 12.6. The van der Waals surface area contributed by atoms with Gasteiger partial charge in [-0.25, -0.2) is 4.79 Å². The smallest absolute Gasteiger partial charge is 0.319 e. The van der Waals surface area contributed by atoms with Gasteiger partial charge >= 0.3 is 6.03 Å². The zero-order chi connectivity index (χ0) is 15.9. The molecule has 0 aliphatic heterocycles. The monoisotopic (exact) mass is 382 g/mol. The molecular weight excluding hydrogens is 368 g/mol. The summed E-state index contributed by atoms with van der Waals surface area (Å²) in [7, 11) is 0. The number of carbonyl (C=O) groups is 1. The third kappa shape index (κ3) is 4.93. The molecule has 2 amide bonds. The molecule has 0 bridgehead atoms. The molecule has 0 saturated heterocycles. The molecule has 4 nitrogen and oxygen atoms in total. The van der Waals surface area contributed by atoms with E-state index in [1.54, 1.807) is 12.1 Å².